The molecule has 0 spiro atoms. The van der Waals surface area contributed by atoms with E-state index in [-0.39, 0.29) is 154 Å². The number of rotatable bonds is 45. The molecule has 402 valence electrons. The Morgan fingerprint density at radius 3 is 1.49 bits per heavy atom. The number of Topliss-reactive ketones (excluding diaryl/α,β-unsaturated/α-hetero) is 6. The number of likely N-dealkylation sites (tertiary alicyclic amines) is 1. The largest absolute Gasteiger partial charge is 0.379 e. The van der Waals surface area contributed by atoms with Crippen LogP contribution in [0.3, 0.4) is 0 Å². The van der Waals surface area contributed by atoms with Gasteiger partial charge in [-0.15, -0.1) is 11.8 Å². The van der Waals surface area contributed by atoms with Crippen LogP contribution in [-0.4, -0.2) is 216 Å². The predicted octanol–water partition coefficient (Wildman–Crippen LogP) is -0.151. The van der Waals surface area contributed by atoms with Gasteiger partial charge in [-0.2, -0.15) is 0 Å². The van der Waals surface area contributed by atoms with Crippen LogP contribution in [0.5, 0.6) is 0 Å². The maximum Gasteiger partial charge on any atom is 0.243 e. The van der Waals surface area contributed by atoms with Crippen LogP contribution in [0.1, 0.15) is 66.7 Å². The lowest BCUT2D eigenvalue weighted by Gasteiger charge is -2.23. The third-order valence-corrected chi connectivity index (χ3v) is 14.9. The van der Waals surface area contributed by atoms with Crippen molar-refractivity contribution in [2.45, 2.75) is 82.1 Å². The van der Waals surface area contributed by atoms with E-state index in [1.165, 1.54) is 28.5 Å². The summed E-state index contributed by atoms with van der Waals surface area (Å²) in [6.45, 7) is 10.1. The van der Waals surface area contributed by atoms with Gasteiger partial charge in [0.1, 0.15) is 6.04 Å². The summed E-state index contributed by atoms with van der Waals surface area (Å²) >= 11 is 1.07. The zero-order valence-corrected chi connectivity index (χ0v) is 43.7. The van der Waals surface area contributed by atoms with E-state index in [9.17, 15) is 52.7 Å². The molecule has 0 bridgehead atoms. The lowest BCUT2D eigenvalue weighted by molar-refractivity contribution is -0.153. The number of carbonyl (C=O) groups excluding carboxylic acids is 11. The van der Waals surface area contributed by atoms with Crippen molar-refractivity contribution in [1.82, 2.24) is 20.9 Å². The Labute approximate surface area is 426 Å². The molecule has 2 aliphatic rings. The molecular formula is C45H70N4O19S3. The number of carbonyl (C=O) groups is 11. The Kier molecular flexibility index (Phi) is 31.7. The Bertz CT molecular complexity index is 1770. The van der Waals surface area contributed by atoms with E-state index in [1.54, 1.807) is 6.92 Å². The van der Waals surface area contributed by atoms with Crippen molar-refractivity contribution in [2.75, 3.05) is 131 Å². The third-order valence-electron chi connectivity index (χ3n) is 10.6. The van der Waals surface area contributed by atoms with Crippen molar-refractivity contribution in [2.24, 2.45) is 5.41 Å². The van der Waals surface area contributed by atoms with Crippen molar-refractivity contribution in [3.63, 3.8) is 0 Å². The molecule has 0 aromatic rings. The molecule has 3 N–H and O–H groups in total. The lowest BCUT2D eigenvalue weighted by atomic mass is 9.72. The number of imide groups is 1. The predicted molar refractivity (Wildman–Crippen MR) is 259 cm³/mol. The van der Waals surface area contributed by atoms with Crippen LogP contribution in [0.4, 0.5) is 0 Å². The van der Waals surface area contributed by atoms with E-state index in [0.717, 1.165) is 37.4 Å². The first-order valence-corrected chi connectivity index (χ1v) is 26.5. The Morgan fingerprint density at radius 1 is 0.620 bits per heavy atom. The maximum atomic E-state index is 13.1. The molecule has 0 radical (unpaired) electrons. The van der Waals surface area contributed by atoms with Gasteiger partial charge >= 0.3 is 0 Å². The molecule has 2 rings (SSSR count). The van der Waals surface area contributed by atoms with Crippen molar-refractivity contribution in [1.29, 1.82) is 0 Å². The number of amides is 5. The van der Waals surface area contributed by atoms with E-state index < -0.39 is 61.6 Å². The maximum absolute atomic E-state index is 13.1. The summed E-state index contributed by atoms with van der Waals surface area (Å²) in [7, 11) is 2.56. The van der Waals surface area contributed by atoms with Crippen LogP contribution in [0.15, 0.2) is 0 Å². The van der Waals surface area contributed by atoms with E-state index in [1.807, 2.05) is 0 Å². The van der Waals surface area contributed by atoms with Crippen LogP contribution < -0.4 is 16.0 Å². The second-order valence-corrected chi connectivity index (χ2v) is 19.8. The summed E-state index contributed by atoms with van der Waals surface area (Å²) < 4.78 is 42.5. The van der Waals surface area contributed by atoms with Gasteiger partial charge in [-0.1, -0.05) is 28.5 Å². The summed E-state index contributed by atoms with van der Waals surface area (Å²) in [6.07, 6.45) is -0.197. The third kappa shape index (κ3) is 22.9. The number of nitrogens with one attached hydrogen (secondary N) is 3. The molecule has 23 nitrogen and oxygen atoms in total. The molecule has 2 saturated heterocycles. The molecule has 1 unspecified atom stereocenters. The van der Waals surface area contributed by atoms with Gasteiger partial charge < -0.3 is 53.8 Å². The molecule has 0 aliphatic carbocycles. The topological polar surface area (TPSA) is 301 Å². The number of hydrogen-bond donors (Lipinski definition) is 3. The zero-order valence-electron chi connectivity index (χ0n) is 41.3. The van der Waals surface area contributed by atoms with Gasteiger partial charge in [0, 0.05) is 57.5 Å². The SMILES string of the molecule is CCC(=O)N[C@@H](CSC1CC(=O)N(CCC(=O)NCCOCCOCCOCCOCCC(=O)C2(C(C)=O)SS2)C1=O)C(=O)NCCOCCOCCOCCOCCC(=O)C(C(C)=O)(C(C)=O)C(C)=O. The van der Waals surface area contributed by atoms with Crippen molar-refractivity contribution < 1.29 is 90.6 Å². The van der Waals surface area contributed by atoms with Gasteiger partial charge in [0.05, 0.1) is 111 Å². The molecule has 0 aromatic carbocycles. The standard InChI is InChI=1S/C45H70N4O19S3/c1-6-39(56)48-35(42(59)47-11-16-64-20-24-68-28-25-65-21-17-61-13-8-37(54)44(31(2)50,32(3)51)33(4)52)30-69-36-29-41(58)49(43(36)60)12-7-40(57)46-10-15-63-19-23-67-27-26-66-22-18-62-14-9-38(55)45(34(5)53)70-71-45/h35-36H,6-30H2,1-5H3,(H,46,57)(H,47,59)(H,48,56)/t35-,36?/m0/s1. The highest BCUT2D eigenvalue weighted by molar-refractivity contribution is 8.94. The monoisotopic (exact) mass is 1070 g/mol. The smallest absolute Gasteiger partial charge is 0.243 e. The van der Waals surface area contributed by atoms with Gasteiger partial charge in [-0.25, -0.2) is 0 Å². The van der Waals surface area contributed by atoms with E-state index in [2.05, 4.69) is 16.0 Å². The summed E-state index contributed by atoms with van der Waals surface area (Å²) in [5, 5.41) is 7.24. The second kappa shape index (κ2) is 35.5. The van der Waals surface area contributed by atoms with E-state index in [4.69, 9.17) is 37.9 Å². The highest BCUT2D eigenvalue weighted by Crippen LogP contribution is 2.66. The number of nitrogens with zero attached hydrogens (tertiary/aromatic N) is 1. The molecular weight excluding hydrogens is 997 g/mol. The molecule has 26 heteroatoms. The van der Waals surface area contributed by atoms with Crippen LogP contribution in [0, 0.1) is 5.41 Å². The molecule has 0 aromatic heterocycles. The van der Waals surface area contributed by atoms with Crippen molar-refractivity contribution >= 4 is 97.6 Å². The quantitative estimate of drug-likeness (QED) is 0.0235. The van der Waals surface area contributed by atoms with Crippen LogP contribution in [-0.2, 0) is 90.6 Å². The number of hydrogen-bond acceptors (Lipinski definition) is 22. The fourth-order valence-corrected chi connectivity index (χ4v) is 10.0. The molecule has 71 heavy (non-hydrogen) atoms. The lowest BCUT2D eigenvalue weighted by Crippen LogP contribution is -2.50. The van der Waals surface area contributed by atoms with Crippen LogP contribution in [0.2, 0.25) is 0 Å². The zero-order chi connectivity index (χ0) is 52.7. The molecule has 2 fully saturated rings. The first-order valence-electron chi connectivity index (χ1n) is 23.3. The minimum Gasteiger partial charge on any atom is -0.379 e. The molecule has 2 heterocycles. The fraction of sp³-hybridized carbons (Fsp3) is 0.756. The van der Waals surface area contributed by atoms with E-state index >= 15 is 0 Å². The molecule has 0 saturated carbocycles. The summed E-state index contributed by atoms with van der Waals surface area (Å²) in [4.78, 5) is 137. The van der Waals surface area contributed by atoms with Crippen LogP contribution in [0.25, 0.3) is 0 Å². The first kappa shape index (κ1) is 63.4. The van der Waals surface area contributed by atoms with Gasteiger partial charge in [-0.05, 0) is 27.7 Å². The summed E-state index contributed by atoms with van der Waals surface area (Å²) in [5.41, 5.74) is -2.28. The second-order valence-electron chi connectivity index (χ2n) is 15.8. The summed E-state index contributed by atoms with van der Waals surface area (Å²) in [5.74, 6) is -5.63. The van der Waals surface area contributed by atoms with E-state index in [0.29, 0.717) is 33.0 Å². The van der Waals surface area contributed by atoms with Crippen LogP contribution >= 0.6 is 33.3 Å². The minimum absolute atomic E-state index is 0.0199. The Hall–Kier alpha value is -3.70. The van der Waals surface area contributed by atoms with Crippen molar-refractivity contribution in [3.8, 4) is 0 Å². The Balaban J connectivity index is 1.49. The highest BCUT2D eigenvalue weighted by Gasteiger charge is 2.57. The minimum atomic E-state index is -2.28. The number of ketones is 6. The average molecular weight is 1070 g/mol. The Morgan fingerprint density at radius 2 is 1.06 bits per heavy atom. The first-order chi connectivity index (χ1) is 33.9. The molecule has 5 amide bonds. The summed E-state index contributed by atoms with van der Waals surface area (Å²) in [6, 6.07) is -0.986. The fourth-order valence-electron chi connectivity index (χ4n) is 6.63. The van der Waals surface area contributed by atoms with Crippen molar-refractivity contribution in [3.05, 3.63) is 0 Å². The van der Waals surface area contributed by atoms with Gasteiger partial charge in [0.25, 0.3) is 0 Å². The van der Waals surface area contributed by atoms with Gasteiger partial charge in [-0.3, -0.25) is 57.6 Å². The highest BCUT2D eigenvalue weighted by atomic mass is 33.2. The van der Waals surface area contributed by atoms with Gasteiger partial charge in [0.2, 0.25) is 35.0 Å². The average Bonchev–Trinajstić information content (AvgIpc) is 4.10. The van der Waals surface area contributed by atoms with Gasteiger partial charge in [0.15, 0.2) is 38.8 Å². The molecule has 2 aliphatic heterocycles. The molecule has 2 atom stereocenters. The number of ether oxygens (including phenoxy) is 8. The normalized spacial score (nSPS) is 15.6. The number of thioether (sulfide) groups is 1.